The van der Waals surface area contributed by atoms with Crippen molar-refractivity contribution < 1.29 is 13.2 Å². The first kappa shape index (κ1) is 21.3. The molecular formula is C24H37NO3S. The van der Waals surface area contributed by atoms with Crippen LogP contribution in [0.25, 0.3) is 0 Å². The lowest BCUT2D eigenvalue weighted by atomic mass is 9.83. The van der Waals surface area contributed by atoms with Gasteiger partial charge in [-0.05, 0) is 61.5 Å². The Morgan fingerprint density at radius 3 is 2.52 bits per heavy atom. The summed E-state index contributed by atoms with van der Waals surface area (Å²) in [4.78, 5) is 0.459. The highest BCUT2D eigenvalue weighted by Gasteiger charge is 2.46. The van der Waals surface area contributed by atoms with E-state index in [0.717, 1.165) is 25.4 Å². The number of hydrogen-bond acceptors (Lipinski definition) is 4. The predicted octanol–water partition coefficient (Wildman–Crippen LogP) is 4.45. The molecule has 0 aromatic heterocycles. The van der Waals surface area contributed by atoms with Crippen molar-refractivity contribution in [3.63, 3.8) is 0 Å². The van der Waals surface area contributed by atoms with Gasteiger partial charge in [-0.3, -0.25) is 0 Å². The zero-order valence-corrected chi connectivity index (χ0v) is 18.6. The maximum Gasteiger partial charge on any atom is 0.179 e. The summed E-state index contributed by atoms with van der Waals surface area (Å²) in [7, 11) is -1.50. The van der Waals surface area contributed by atoms with Gasteiger partial charge in [-0.25, -0.2) is 8.42 Å². The largest absolute Gasteiger partial charge is 0.384 e. The molecular weight excluding hydrogens is 382 g/mol. The van der Waals surface area contributed by atoms with E-state index in [9.17, 15) is 8.42 Å². The number of methoxy groups -OCH3 is 1. The average Bonchev–Trinajstić information content (AvgIpc) is 3.31. The van der Waals surface area contributed by atoms with E-state index in [0.29, 0.717) is 28.7 Å². The Morgan fingerprint density at radius 2 is 1.79 bits per heavy atom. The molecule has 0 heterocycles. The van der Waals surface area contributed by atoms with Crippen molar-refractivity contribution in [2.75, 3.05) is 19.5 Å². The van der Waals surface area contributed by atoms with E-state index in [1.54, 1.807) is 19.2 Å². The van der Waals surface area contributed by atoms with Gasteiger partial charge in [0.15, 0.2) is 9.84 Å². The molecule has 0 aliphatic heterocycles. The average molecular weight is 420 g/mol. The van der Waals surface area contributed by atoms with Crippen LogP contribution in [-0.4, -0.2) is 40.0 Å². The number of nitrogens with one attached hydrogen (secondary N) is 1. The minimum atomic E-state index is -3.30. The van der Waals surface area contributed by atoms with Gasteiger partial charge < -0.3 is 10.1 Å². The number of rotatable bonds is 8. The third-order valence-corrected chi connectivity index (χ3v) is 9.59. The van der Waals surface area contributed by atoms with Crippen molar-refractivity contribution in [2.45, 2.75) is 74.8 Å². The molecule has 0 saturated heterocycles. The van der Waals surface area contributed by atoms with Crippen LogP contribution in [0, 0.1) is 23.7 Å². The van der Waals surface area contributed by atoms with Gasteiger partial charge in [-0.2, -0.15) is 0 Å². The van der Waals surface area contributed by atoms with Gasteiger partial charge in [-0.15, -0.1) is 0 Å². The number of hydrogen-bond donors (Lipinski definition) is 1. The summed E-state index contributed by atoms with van der Waals surface area (Å²) in [6.07, 6.45) is 11.2. The van der Waals surface area contributed by atoms with Gasteiger partial charge >= 0.3 is 0 Å². The molecule has 3 aliphatic carbocycles. The molecule has 5 atom stereocenters. The van der Waals surface area contributed by atoms with E-state index in [1.165, 1.54) is 44.9 Å². The summed E-state index contributed by atoms with van der Waals surface area (Å²) in [6, 6.07) is 9.46. The number of fused-ring (bicyclic) bond motifs is 1. The van der Waals surface area contributed by atoms with Crippen molar-refractivity contribution >= 4 is 9.84 Å². The van der Waals surface area contributed by atoms with Gasteiger partial charge in [0.05, 0.1) is 17.3 Å². The minimum Gasteiger partial charge on any atom is -0.384 e. The minimum absolute atomic E-state index is 0.0456. The maximum absolute atomic E-state index is 13.2. The molecule has 4 nitrogen and oxygen atoms in total. The van der Waals surface area contributed by atoms with Gasteiger partial charge in [0.2, 0.25) is 0 Å². The SMILES string of the molecule is COC[C@H]1C[C@H]2CCC[C@H]2C1N[C@H](CS(=O)(=O)c1ccccc1)C1CCCCC1. The van der Waals surface area contributed by atoms with E-state index in [2.05, 4.69) is 5.32 Å². The van der Waals surface area contributed by atoms with Crippen LogP contribution in [0.3, 0.4) is 0 Å². The fourth-order valence-electron chi connectivity index (χ4n) is 6.43. The molecule has 162 valence electrons. The Bertz CT molecular complexity index is 745. The Morgan fingerprint density at radius 1 is 1.03 bits per heavy atom. The van der Waals surface area contributed by atoms with Crippen LogP contribution in [0.4, 0.5) is 0 Å². The molecule has 1 aromatic rings. The Hall–Kier alpha value is -0.910. The predicted molar refractivity (Wildman–Crippen MR) is 117 cm³/mol. The van der Waals surface area contributed by atoms with Crippen molar-refractivity contribution in [3.8, 4) is 0 Å². The third-order valence-electron chi connectivity index (χ3n) is 7.80. The molecule has 0 bridgehead atoms. The van der Waals surface area contributed by atoms with Crippen molar-refractivity contribution in [2.24, 2.45) is 23.7 Å². The molecule has 0 radical (unpaired) electrons. The lowest BCUT2D eigenvalue weighted by Crippen LogP contribution is -2.51. The molecule has 29 heavy (non-hydrogen) atoms. The summed E-state index contributed by atoms with van der Waals surface area (Å²) in [5, 5.41) is 3.96. The smallest absolute Gasteiger partial charge is 0.179 e. The van der Waals surface area contributed by atoms with Gasteiger partial charge in [0, 0.05) is 19.2 Å². The summed E-state index contributed by atoms with van der Waals surface area (Å²) in [5.41, 5.74) is 0. The zero-order chi connectivity index (χ0) is 20.3. The van der Waals surface area contributed by atoms with E-state index in [1.807, 2.05) is 18.2 Å². The Labute approximate surface area is 176 Å². The highest BCUT2D eigenvalue weighted by Crippen LogP contribution is 2.47. The summed E-state index contributed by atoms with van der Waals surface area (Å²) < 4.78 is 32.0. The quantitative estimate of drug-likeness (QED) is 0.676. The molecule has 3 saturated carbocycles. The molecule has 0 spiro atoms. The molecule has 3 aliphatic rings. The molecule has 1 unspecified atom stereocenters. The van der Waals surface area contributed by atoms with Gasteiger partial charge in [-0.1, -0.05) is 50.3 Å². The fraction of sp³-hybridized carbons (Fsp3) is 0.750. The highest BCUT2D eigenvalue weighted by atomic mass is 32.2. The molecule has 4 rings (SSSR count). The topological polar surface area (TPSA) is 55.4 Å². The first-order chi connectivity index (χ1) is 14.1. The van der Waals surface area contributed by atoms with Crippen molar-refractivity contribution in [3.05, 3.63) is 30.3 Å². The van der Waals surface area contributed by atoms with Crippen LogP contribution in [0.1, 0.15) is 57.8 Å². The van der Waals surface area contributed by atoms with Crippen LogP contribution in [0.15, 0.2) is 35.2 Å². The summed E-state index contributed by atoms with van der Waals surface area (Å²) in [6.45, 7) is 0.785. The van der Waals surface area contributed by atoms with E-state index < -0.39 is 9.84 Å². The molecule has 3 fully saturated rings. The lowest BCUT2D eigenvalue weighted by molar-refractivity contribution is 0.125. The molecule has 1 N–H and O–H groups in total. The number of benzene rings is 1. The fourth-order valence-corrected chi connectivity index (χ4v) is 8.03. The van der Waals surface area contributed by atoms with E-state index >= 15 is 0 Å². The van der Waals surface area contributed by atoms with Crippen molar-refractivity contribution in [1.82, 2.24) is 5.32 Å². The second-order valence-corrected chi connectivity index (χ2v) is 11.6. The molecule has 5 heteroatoms. The normalized spacial score (nSPS) is 31.6. The van der Waals surface area contributed by atoms with Crippen LogP contribution in [0.5, 0.6) is 0 Å². The second kappa shape index (κ2) is 9.49. The van der Waals surface area contributed by atoms with Crippen LogP contribution in [-0.2, 0) is 14.6 Å². The first-order valence-electron chi connectivity index (χ1n) is 11.6. The standard InChI is InChI=1S/C24H37NO3S/c1-28-16-20-15-19-11-8-14-22(19)24(20)25-23(18-9-4-2-5-10-18)17-29(26,27)21-12-6-3-7-13-21/h3,6-7,12-13,18-20,22-25H,2,4-5,8-11,14-17H2,1H3/t19-,20-,22-,23-,24?/m1/s1. The van der Waals surface area contributed by atoms with Crippen LogP contribution in [0.2, 0.25) is 0 Å². The maximum atomic E-state index is 13.2. The Balaban J connectivity index is 1.55. The summed E-state index contributed by atoms with van der Waals surface area (Å²) >= 11 is 0. The monoisotopic (exact) mass is 419 g/mol. The van der Waals surface area contributed by atoms with Crippen molar-refractivity contribution in [1.29, 1.82) is 0 Å². The van der Waals surface area contributed by atoms with Crippen LogP contribution >= 0.6 is 0 Å². The molecule has 1 aromatic carbocycles. The van der Waals surface area contributed by atoms with Gasteiger partial charge in [0.25, 0.3) is 0 Å². The zero-order valence-electron chi connectivity index (χ0n) is 17.8. The molecule has 0 amide bonds. The summed E-state index contributed by atoms with van der Waals surface area (Å²) in [5.74, 6) is 2.69. The van der Waals surface area contributed by atoms with E-state index in [-0.39, 0.29) is 11.8 Å². The van der Waals surface area contributed by atoms with Crippen LogP contribution < -0.4 is 5.32 Å². The van der Waals surface area contributed by atoms with E-state index in [4.69, 9.17) is 4.74 Å². The lowest BCUT2D eigenvalue weighted by Gasteiger charge is -2.36. The number of sulfone groups is 1. The Kier molecular flexibility index (Phi) is 6.98. The second-order valence-electron chi connectivity index (χ2n) is 9.60. The number of ether oxygens (including phenoxy) is 1. The first-order valence-corrected chi connectivity index (χ1v) is 13.3. The highest BCUT2D eigenvalue weighted by molar-refractivity contribution is 7.91. The van der Waals surface area contributed by atoms with Gasteiger partial charge in [0.1, 0.15) is 0 Å². The third kappa shape index (κ3) is 4.88.